The highest BCUT2D eigenvalue weighted by molar-refractivity contribution is 7.89. The van der Waals surface area contributed by atoms with Gasteiger partial charge in [0.1, 0.15) is 0 Å². The summed E-state index contributed by atoms with van der Waals surface area (Å²) in [5.41, 5.74) is 1.02. The number of sulfonamides is 1. The molecule has 0 radical (unpaired) electrons. The maximum Gasteiger partial charge on any atom is 0.276 e. The van der Waals surface area contributed by atoms with Crippen LogP contribution in [0.5, 0.6) is 0 Å². The fourth-order valence-corrected chi connectivity index (χ4v) is 3.25. The van der Waals surface area contributed by atoms with Gasteiger partial charge in [0.15, 0.2) is 0 Å². The molecule has 1 fully saturated rings. The lowest BCUT2D eigenvalue weighted by molar-refractivity contribution is 0.419. The molecule has 1 aliphatic rings. The second kappa shape index (κ2) is 7.41. The molecule has 0 aromatic heterocycles. The molecule has 5 heteroatoms. The van der Waals surface area contributed by atoms with Crippen molar-refractivity contribution < 1.29 is 8.42 Å². The summed E-state index contributed by atoms with van der Waals surface area (Å²) >= 11 is 0. The average Bonchev–Trinajstić information content (AvgIpc) is 2.48. The van der Waals surface area contributed by atoms with E-state index in [1.807, 2.05) is 13.0 Å². The van der Waals surface area contributed by atoms with E-state index < -0.39 is 10.0 Å². The van der Waals surface area contributed by atoms with Crippen molar-refractivity contribution in [2.45, 2.75) is 43.9 Å². The Morgan fingerprint density at radius 3 is 2.48 bits per heavy atom. The van der Waals surface area contributed by atoms with Crippen molar-refractivity contribution in [3.8, 4) is 0 Å². The van der Waals surface area contributed by atoms with Gasteiger partial charge in [-0.25, -0.2) is 4.83 Å². The molecule has 0 amide bonds. The second-order valence-corrected chi connectivity index (χ2v) is 7.13. The predicted molar refractivity (Wildman–Crippen MR) is 85.7 cm³/mol. The van der Waals surface area contributed by atoms with Gasteiger partial charge in [-0.3, -0.25) is 0 Å². The summed E-state index contributed by atoms with van der Waals surface area (Å²) in [5, 5.41) is 3.78. The topological polar surface area (TPSA) is 58.5 Å². The minimum Gasteiger partial charge on any atom is -0.200 e. The predicted octanol–water partition coefficient (Wildman–Crippen LogP) is 3.40. The number of allylic oxidation sites excluding steroid dienone is 2. The number of nitrogens with one attached hydrogen (secondary N) is 1. The minimum atomic E-state index is -3.56. The summed E-state index contributed by atoms with van der Waals surface area (Å²) in [7, 11) is -3.56. The molecule has 1 saturated carbocycles. The highest BCUT2D eigenvalue weighted by Crippen LogP contribution is 2.24. The zero-order valence-corrected chi connectivity index (χ0v) is 13.1. The molecule has 1 aliphatic carbocycles. The van der Waals surface area contributed by atoms with Gasteiger partial charge in [-0.15, -0.1) is 0 Å². The molecule has 4 nitrogen and oxygen atoms in total. The van der Waals surface area contributed by atoms with E-state index in [2.05, 4.69) is 16.0 Å². The van der Waals surface area contributed by atoms with Gasteiger partial charge in [0.2, 0.25) is 0 Å². The highest BCUT2D eigenvalue weighted by Gasteiger charge is 2.11. The lowest BCUT2D eigenvalue weighted by Gasteiger charge is -2.17. The van der Waals surface area contributed by atoms with Crippen molar-refractivity contribution >= 4 is 16.2 Å². The van der Waals surface area contributed by atoms with Gasteiger partial charge < -0.3 is 0 Å². The van der Waals surface area contributed by atoms with E-state index in [4.69, 9.17) is 0 Å². The zero-order valence-electron chi connectivity index (χ0n) is 12.3. The van der Waals surface area contributed by atoms with Gasteiger partial charge in [-0.1, -0.05) is 43.0 Å². The van der Waals surface area contributed by atoms with E-state index in [1.165, 1.54) is 38.3 Å². The first-order valence-corrected chi connectivity index (χ1v) is 8.84. The maximum absolute atomic E-state index is 12.0. The monoisotopic (exact) mass is 306 g/mol. The van der Waals surface area contributed by atoms with Crippen LogP contribution in [0, 0.1) is 12.8 Å². The maximum atomic E-state index is 12.0. The molecule has 0 heterocycles. The molecule has 0 bridgehead atoms. The number of benzene rings is 1. The van der Waals surface area contributed by atoms with E-state index in [0.717, 1.165) is 5.56 Å². The van der Waals surface area contributed by atoms with Crippen molar-refractivity contribution in [1.82, 2.24) is 4.83 Å². The Hall–Kier alpha value is -1.62. The number of rotatable bonds is 5. The van der Waals surface area contributed by atoms with Gasteiger partial charge >= 0.3 is 0 Å². The van der Waals surface area contributed by atoms with Crippen LogP contribution in [-0.4, -0.2) is 14.6 Å². The smallest absolute Gasteiger partial charge is 0.200 e. The Morgan fingerprint density at radius 2 is 1.81 bits per heavy atom. The molecular weight excluding hydrogens is 284 g/mol. The SMILES string of the molecule is Cc1ccc(S(=O)(=O)N/N=C\C=C\C2CCCCC2)cc1. The average molecular weight is 306 g/mol. The third kappa shape index (κ3) is 5.01. The first kappa shape index (κ1) is 15.8. The quantitative estimate of drug-likeness (QED) is 0.669. The van der Waals surface area contributed by atoms with Crippen LogP contribution >= 0.6 is 0 Å². The van der Waals surface area contributed by atoms with Crippen molar-refractivity contribution in [3.63, 3.8) is 0 Å². The van der Waals surface area contributed by atoms with Crippen LogP contribution in [0.25, 0.3) is 0 Å². The van der Waals surface area contributed by atoms with Gasteiger partial charge in [-0.2, -0.15) is 13.5 Å². The normalized spacial score (nSPS) is 17.6. The molecule has 114 valence electrons. The fourth-order valence-electron chi connectivity index (χ4n) is 2.45. The van der Waals surface area contributed by atoms with Crippen LogP contribution in [0.3, 0.4) is 0 Å². The molecule has 0 unspecified atom stereocenters. The second-order valence-electron chi connectivity index (χ2n) is 5.47. The van der Waals surface area contributed by atoms with E-state index >= 15 is 0 Å². The molecule has 2 rings (SSSR count). The third-order valence-electron chi connectivity index (χ3n) is 3.70. The van der Waals surface area contributed by atoms with Gasteiger partial charge in [0.25, 0.3) is 10.0 Å². The molecule has 0 aliphatic heterocycles. The van der Waals surface area contributed by atoms with E-state index in [9.17, 15) is 8.42 Å². The molecule has 0 spiro atoms. The number of hydrogen-bond donors (Lipinski definition) is 1. The standard InChI is InChI=1S/C16H22N2O2S/c1-14-9-11-16(12-10-14)21(19,20)18-17-13-5-8-15-6-3-2-4-7-15/h5,8-13,15,18H,2-4,6-7H2,1H3/b8-5+,17-13-. The van der Waals surface area contributed by atoms with E-state index in [1.54, 1.807) is 24.3 Å². The summed E-state index contributed by atoms with van der Waals surface area (Å²) in [5.74, 6) is 0.610. The Bertz CT molecular complexity index is 598. The molecule has 0 saturated heterocycles. The van der Waals surface area contributed by atoms with E-state index in [-0.39, 0.29) is 4.90 Å². The van der Waals surface area contributed by atoms with Crippen LogP contribution in [0.2, 0.25) is 0 Å². The first-order chi connectivity index (χ1) is 10.1. The summed E-state index contributed by atoms with van der Waals surface area (Å²) < 4.78 is 23.9. The highest BCUT2D eigenvalue weighted by atomic mass is 32.2. The van der Waals surface area contributed by atoms with Crippen molar-refractivity contribution in [2.24, 2.45) is 11.0 Å². The number of aryl methyl sites for hydroxylation is 1. The van der Waals surface area contributed by atoms with Crippen molar-refractivity contribution in [1.29, 1.82) is 0 Å². The summed E-state index contributed by atoms with van der Waals surface area (Å²) in [4.78, 5) is 2.45. The summed E-state index contributed by atoms with van der Waals surface area (Å²) in [6, 6.07) is 6.68. The summed E-state index contributed by atoms with van der Waals surface area (Å²) in [6.45, 7) is 1.91. The molecule has 0 atom stereocenters. The number of hydrazone groups is 1. The zero-order chi connectivity index (χ0) is 15.1. The molecule has 1 N–H and O–H groups in total. The first-order valence-electron chi connectivity index (χ1n) is 7.36. The van der Waals surface area contributed by atoms with Crippen LogP contribution in [0.15, 0.2) is 46.4 Å². The largest absolute Gasteiger partial charge is 0.276 e. The van der Waals surface area contributed by atoms with Gasteiger partial charge in [0, 0.05) is 6.21 Å². The molecule has 1 aromatic rings. The van der Waals surface area contributed by atoms with Crippen LogP contribution in [0.4, 0.5) is 0 Å². The van der Waals surface area contributed by atoms with Crippen LogP contribution in [-0.2, 0) is 10.0 Å². The minimum absolute atomic E-state index is 0.224. The number of nitrogens with zero attached hydrogens (tertiary/aromatic N) is 1. The Morgan fingerprint density at radius 1 is 1.14 bits per heavy atom. The van der Waals surface area contributed by atoms with Crippen molar-refractivity contribution in [3.05, 3.63) is 42.0 Å². The van der Waals surface area contributed by atoms with Crippen LogP contribution in [0.1, 0.15) is 37.7 Å². The molecule has 21 heavy (non-hydrogen) atoms. The van der Waals surface area contributed by atoms with E-state index in [0.29, 0.717) is 5.92 Å². The van der Waals surface area contributed by atoms with Gasteiger partial charge in [0.05, 0.1) is 4.90 Å². The molecule has 1 aromatic carbocycles. The van der Waals surface area contributed by atoms with Crippen molar-refractivity contribution in [2.75, 3.05) is 0 Å². The lowest BCUT2D eigenvalue weighted by atomic mass is 9.89. The van der Waals surface area contributed by atoms with Gasteiger partial charge in [-0.05, 0) is 43.9 Å². The fraction of sp³-hybridized carbons (Fsp3) is 0.438. The summed E-state index contributed by atoms with van der Waals surface area (Å²) in [6.07, 6.45) is 11.8. The lowest BCUT2D eigenvalue weighted by Crippen LogP contribution is -2.18. The Balaban J connectivity index is 1.87. The Labute approximate surface area is 127 Å². The van der Waals surface area contributed by atoms with Crippen LogP contribution < -0.4 is 4.83 Å². The number of hydrogen-bond acceptors (Lipinski definition) is 3. The Kier molecular flexibility index (Phi) is 5.56. The third-order valence-corrected chi connectivity index (χ3v) is 4.94. The molecular formula is C16H22N2O2S.